The highest BCUT2D eigenvalue weighted by atomic mass is 35.5. The van der Waals surface area contributed by atoms with Crippen molar-refractivity contribution in [3.63, 3.8) is 0 Å². The van der Waals surface area contributed by atoms with Crippen molar-refractivity contribution in [3.8, 4) is 0 Å². The number of nitrogens with zero attached hydrogens (tertiary/aromatic N) is 1. The van der Waals surface area contributed by atoms with E-state index in [0.717, 1.165) is 11.3 Å². The Bertz CT molecular complexity index is 849. The first-order chi connectivity index (χ1) is 14.1. The average molecular weight is 467 g/mol. The van der Waals surface area contributed by atoms with Crippen LogP contribution in [0.4, 0.5) is 0 Å². The van der Waals surface area contributed by atoms with Gasteiger partial charge in [-0.2, -0.15) is 0 Å². The molecule has 2 aromatic rings. The van der Waals surface area contributed by atoms with E-state index in [2.05, 4.69) is 5.32 Å². The van der Waals surface area contributed by atoms with E-state index in [1.54, 1.807) is 30.0 Å². The molecule has 1 unspecified atom stereocenters. The second-order valence-electron chi connectivity index (χ2n) is 8.12. The second kappa shape index (κ2) is 11.1. The molecule has 4 nitrogen and oxygen atoms in total. The second-order valence-corrected chi connectivity index (χ2v) is 9.92. The van der Waals surface area contributed by atoms with Crippen LogP contribution < -0.4 is 5.32 Å². The summed E-state index contributed by atoms with van der Waals surface area (Å²) >= 11 is 14.2. The lowest BCUT2D eigenvalue weighted by Crippen LogP contribution is -2.52. The van der Waals surface area contributed by atoms with Crippen molar-refractivity contribution in [1.82, 2.24) is 10.2 Å². The molecule has 0 aliphatic heterocycles. The highest BCUT2D eigenvalue weighted by Crippen LogP contribution is 2.27. The van der Waals surface area contributed by atoms with E-state index in [9.17, 15) is 9.59 Å². The number of halogens is 2. The van der Waals surface area contributed by atoms with Gasteiger partial charge in [0.25, 0.3) is 0 Å². The Balaban J connectivity index is 2.16. The summed E-state index contributed by atoms with van der Waals surface area (Å²) in [7, 11) is 0. The number of benzene rings is 2. The third kappa shape index (κ3) is 7.53. The molecule has 0 aromatic heterocycles. The Labute approximate surface area is 193 Å². The Kier molecular flexibility index (Phi) is 9.08. The summed E-state index contributed by atoms with van der Waals surface area (Å²) in [6.07, 6.45) is 0. The third-order valence-corrected chi connectivity index (χ3v) is 6.09. The molecule has 0 saturated heterocycles. The van der Waals surface area contributed by atoms with Gasteiger partial charge in [0.15, 0.2) is 0 Å². The molecule has 2 rings (SSSR count). The number of carbonyl (C=O) groups excluding carboxylic acids is 2. The van der Waals surface area contributed by atoms with Crippen molar-refractivity contribution >= 4 is 46.8 Å². The molecular weight excluding hydrogens is 439 g/mol. The minimum absolute atomic E-state index is 0.136. The predicted octanol–water partition coefficient (Wildman–Crippen LogP) is 5.56. The van der Waals surface area contributed by atoms with Crippen molar-refractivity contribution in [2.75, 3.05) is 5.75 Å². The van der Waals surface area contributed by atoms with Gasteiger partial charge < -0.3 is 10.2 Å². The first kappa shape index (κ1) is 24.6. The monoisotopic (exact) mass is 466 g/mol. The molecule has 0 saturated carbocycles. The molecule has 2 amide bonds. The van der Waals surface area contributed by atoms with E-state index in [1.807, 2.05) is 51.1 Å². The van der Waals surface area contributed by atoms with Gasteiger partial charge in [-0.05, 0) is 45.4 Å². The van der Waals surface area contributed by atoms with Gasteiger partial charge in [-0.15, -0.1) is 11.8 Å². The van der Waals surface area contributed by atoms with Crippen LogP contribution in [0, 0.1) is 0 Å². The molecule has 30 heavy (non-hydrogen) atoms. The van der Waals surface area contributed by atoms with Crippen molar-refractivity contribution in [2.45, 2.75) is 51.6 Å². The topological polar surface area (TPSA) is 49.4 Å². The fourth-order valence-electron chi connectivity index (χ4n) is 2.82. The SMILES string of the molecule is CC(C(=O)NC(C)(C)C)N(Cc1c(Cl)cccc1Cl)C(=O)CSCc1ccccc1. The first-order valence-electron chi connectivity index (χ1n) is 9.74. The molecule has 0 aliphatic rings. The fraction of sp³-hybridized carbons (Fsp3) is 0.391. The van der Waals surface area contributed by atoms with E-state index >= 15 is 0 Å². The number of rotatable bonds is 8. The van der Waals surface area contributed by atoms with Crippen LogP contribution in [-0.4, -0.2) is 34.0 Å². The smallest absolute Gasteiger partial charge is 0.242 e. The van der Waals surface area contributed by atoms with Crippen LogP contribution in [0.25, 0.3) is 0 Å². The third-order valence-electron chi connectivity index (χ3n) is 4.39. The largest absolute Gasteiger partial charge is 0.350 e. The van der Waals surface area contributed by atoms with Crippen LogP contribution in [0.1, 0.15) is 38.8 Å². The van der Waals surface area contributed by atoms with E-state index in [-0.39, 0.29) is 24.1 Å². The van der Waals surface area contributed by atoms with E-state index in [0.29, 0.717) is 15.6 Å². The van der Waals surface area contributed by atoms with Gasteiger partial charge in [0.2, 0.25) is 11.8 Å². The number of hydrogen-bond acceptors (Lipinski definition) is 3. The zero-order chi connectivity index (χ0) is 22.3. The lowest BCUT2D eigenvalue weighted by atomic mass is 10.1. The molecule has 162 valence electrons. The molecule has 2 aromatic carbocycles. The summed E-state index contributed by atoms with van der Waals surface area (Å²) in [5.74, 6) is 0.621. The van der Waals surface area contributed by atoms with Crippen molar-refractivity contribution in [1.29, 1.82) is 0 Å². The average Bonchev–Trinajstić information content (AvgIpc) is 2.66. The maximum atomic E-state index is 13.1. The Morgan fingerprint density at radius 3 is 2.20 bits per heavy atom. The zero-order valence-electron chi connectivity index (χ0n) is 17.7. The summed E-state index contributed by atoms with van der Waals surface area (Å²) in [5.41, 5.74) is 1.39. The van der Waals surface area contributed by atoms with Gasteiger partial charge >= 0.3 is 0 Å². The molecule has 0 fully saturated rings. The van der Waals surface area contributed by atoms with Crippen LogP contribution >= 0.6 is 35.0 Å². The molecule has 0 radical (unpaired) electrons. The van der Waals surface area contributed by atoms with Gasteiger partial charge in [0, 0.05) is 33.4 Å². The minimum atomic E-state index is -0.665. The maximum Gasteiger partial charge on any atom is 0.242 e. The minimum Gasteiger partial charge on any atom is -0.350 e. The van der Waals surface area contributed by atoms with Crippen LogP contribution in [0.15, 0.2) is 48.5 Å². The number of hydrogen-bond donors (Lipinski definition) is 1. The molecule has 0 heterocycles. The summed E-state index contributed by atoms with van der Waals surface area (Å²) in [4.78, 5) is 27.4. The lowest BCUT2D eigenvalue weighted by Gasteiger charge is -2.32. The Morgan fingerprint density at radius 1 is 1.03 bits per heavy atom. The molecule has 7 heteroatoms. The Hall–Kier alpha value is -1.69. The molecule has 1 N–H and O–H groups in total. The normalized spacial score (nSPS) is 12.3. The molecule has 1 atom stereocenters. The van der Waals surface area contributed by atoms with Crippen molar-refractivity contribution in [3.05, 3.63) is 69.7 Å². The fourth-order valence-corrected chi connectivity index (χ4v) is 4.21. The van der Waals surface area contributed by atoms with Gasteiger partial charge in [0.1, 0.15) is 6.04 Å². The van der Waals surface area contributed by atoms with Gasteiger partial charge in [-0.25, -0.2) is 0 Å². The molecule has 0 aliphatic carbocycles. The van der Waals surface area contributed by atoms with Crippen molar-refractivity contribution < 1.29 is 9.59 Å². The maximum absolute atomic E-state index is 13.1. The number of amides is 2. The van der Waals surface area contributed by atoms with Crippen LogP contribution in [0.3, 0.4) is 0 Å². The first-order valence-corrected chi connectivity index (χ1v) is 11.7. The van der Waals surface area contributed by atoms with E-state index in [4.69, 9.17) is 23.2 Å². The van der Waals surface area contributed by atoms with E-state index < -0.39 is 11.6 Å². The summed E-state index contributed by atoms with van der Waals surface area (Å²) in [6, 6.07) is 14.5. The van der Waals surface area contributed by atoms with E-state index in [1.165, 1.54) is 11.8 Å². The summed E-state index contributed by atoms with van der Waals surface area (Å²) in [5, 5.41) is 3.89. The van der Waals surface area contributed by atoms with Crippen LogP contribution in [0.2, 0.25) is 10.0 Å². The van der Waals surface area contributed by atoms with Gasteiger partial charge in [-0.3, -0.25) is 9.59 Å². The van der Waals surface area contributed by atoms with Gasteiger partial charge in [-0.1, -0.05) is 59.6 Å². The lowest BCUT2D eigenvalue weighted by molar-refractivity contribution is -0.139. The quantitative estimate of drug-likeness (QED) is 0.553. The highest BCUT2D eigenvalue weighted by molar-refractivity contribution is 7.99. The number of thioether (sulfide) groups is 1. The van der Waals surface area contributed by atoms with Crippen molar-refractivity contribution in [2.24, 2.45) is 0 Å². The number of carbonyl (C=O) groups is 2. The molecule has 0 bridgehead atoms. The van der Waals surface area contributed by atoms with Crippen LogP contribution in [-0.2, 0) is 21.9 Å². The Morgan fingerprint density at radius 2 is 1.63 bits per heavy atom. The highest BCUT2D eigenvalue weighted by Gasteiger charge is 2.29. The summed E-state index contributed by atoms with van der Waals surface area (Å²) in [6.45, 7) is 7.62. The summed E-state index contributed by atoms with van der Waals surface area (Å²) < 4.78 is 0. The molecule has 0 spiro atoms. The standard InChI is InChI=1S/C23H28Cl2N2O2S/c1-16(22(29)26-23(2,3)4)27(13-18-19(24)11-8-12-20(18)25)21(28)15-30-14-17-9-6-5-7-10-17/h5-12,16H,13-15H2,1-4H3,(H,26,29). The van der Waals surface area contributed by atoms with Crippen LogP contribution in [0.5, 0.6) is 0 Å². The molecular formula is C23H28Cl2N2O2S. The number of nitrogens with one attached hydrogen (secondary N) is 1. The zero-order valence-corrected chi connectivity index (χ0v) is 20.1. The predicted molar refractivity (Wildman–Crippen MR) is 127 cm³/mol. The van der Waals surface area contributed by atoms with Gasteiger partial charge in [0.05, 0.1) is 5.75 Å².